The molecule has 210 valence electrons. The second-order valence-corrected chi connectivity index (χ2v) is 12.5. The highest BCUT2D eigenvalue weighted by Crippen LogP contribution is 2.35. The summed E-state index contributed by atoms with van der Waals surface area (Å²) in [6.45, 7) is 12.4. The number of aliphatic hydroxyl groups excluding tert-OH is 1. The van der Waals surface area contributed by atoms with Crippen molar-refractivity contribution in [3.05, 3.63) is 52.5 Å². The predicted molar refractivity (Wildman–Crippen MR) is 154 cm³/mol. The van der Waals surface area contributed by atoms with Gasteiger partial charge in [-0.1, -0.05) is 54.9 Å². The van der Waals surface area contributed by atoms with Crippen LogP contribution in [0.4, 0.5) is 5.69 Å². The predicted octanol–water partition coefficient (Wildman–Crippen LogP) is 6.13. The summed E-state index contributed by atoms with van der Waals surface area (Å²) in [5.74, 6) is 0.448. The average Bonchev–Trinajstić information content (AvgIpc) is 3.36. The molecule has 0 atom stereocenters. The Morgan fingerprint density at radius 2 is 1.82 bits per heavy atom. The Balaban J connectivity index is 1.48. The van der Waals surface area contributed by atoms with E-state index in [2.05, 4.69) is 55.0 Å². The highest BCUT2D eigenvalue weighted by molar-refractivity contribution is 6.32. The molecule has 9 heteroatoms. The van der Waals surface area contributed by atoms with Crippen LogP contribution in [0, 0.1) is 11.3 Å². The number of halogens is 1. The summed E-state index contributed by atoms with van der Waals surface area (Å²) in [4.78, 5) is 18.4. The topological polar surface area (TPSA) is 112 Å². The third kappa shape index (κ3) is 6.99. The van der Waals surface area contributed by atoms with Crippen molar-refractivity contribution in [1.82, 2.24) is 15.0 Å². The zero-order chi connectivity index (χ0) is 28.4. The number of nitrogens with one attached hydrogen (secondary N) is 1. The Morgan fingerprint density at radius 1 is 1.15 bits per heavy atom. The molecule has 0 spiro atoms. The van der Waals surface area contributed by atoms with Gasteiger partial charge in [0.25, 0.3) is 5.89 Å². The molecule has 2 aromatic carbocycles. The minimum atomic E-state index is -1.01. The van der Waals surface area contributed by atoms with Crippen molar-refractivity contribution in [3.8, 4) is 22.8 Å². The Bertz CT molecular complexity index is 1290. The van der Waals surface area contributed by atoms with Gasteiger partial charge in [0.15, 0.2) is 0 Å². The SMILES string of the molecule is CC(C)Cc1c(Cl)cc(-c2nc(-c3ccc(CN4CCC(CO)(C(=O)O)CC4)cc3)no2)cc1NC(C)(C)C. The lowest BCUT2D eigenvalue weighted by molar-refractivity contribution is -0.155. The van der Waals surface area contributed by atoms with Gasteiger partial charge in [-0.15, -0.1) is 0 Å². The van der Waals surface area contributed by atoms with Gasteiger partial charge < -0.3 is 20.1 Å². The first kappa shape index (κ1) is 29.1. The van der Waals surface area contributed by atoms with Gasteiger partial charge in [0.1, 0.15) is 0 Å². The van der Waals surface area contributed by atoms with E-state index in [1.165, 1.54) is 0 Å². The molecule has 39 heavy (non-hydrogen) atoms. The van der Waals surface area contributed by atoms with Crippen LogP contribution in [0.3, 0.4) is 0 Å². The van der Waals surface area contributed by atoms with Gasteiger partial charge in [0.2, 0.25) is 5.82 Å². The van der Waals surface area contributed by atoms with Crippen molar-refractivity contribution >= 4 is 23.3 Å². The van der Waals surface area contributed by atoms with E-state index in [1.807, 2.05) is 36.4 Å². The van der Waals surface area contributed by atoms with Crippen LogP contribution in [0.15, 0.2) is 40.9 Å². The van der Waals surface area contributed by atoms with E-state index in [0.717, 1.165) is 34.4 Å². The molecule has 8 nitrogen and oxygen atoms in total. The van der Waals surface area contributed by atoms with E-state index in [0.29, 0.717) is 55.1 Å². The third-order valence-electron chi connectivity index (χ3n) is 7.18. The molecule has 1 saturated heterocycles. The molecular weight excluding hydrogens is 516 g/mol. The van der Waals surface area contributed by atoms with E-state index < -0.39 is 11.4 Å². The summed E-state index contributed by atoms with van der Waals surface area (Å²) in [7, 11) is 0. The number of piperidine rings is 1. The van der Waals surface area contributed by atoms with Crippen molar-refractivity contribution < 1.29 is 19.5 Å². The second-order valence-electron chi connectivity index (χ2n) is 12.1. The summed E-state index contributed by atoms with van der Waals surface area (Å²) in [6, 6.07) is 11.9. The van der Waals surface area contributed by atoms with Crippen LogP contribution in [0.2, 0.25) is 5.02 Å². The number of aliphatic hydroxyl groups is 1. The van der Waals surface area contributed by atoms with Gasteiger partial charge in [0.05, 0.1) is 12.0 Å². The van der Waals surface area contributed by atoms with Gasteiger partial charge >= 0.3 is 5.97 Å². The van der Waals surface area contributed by atoms with Crippen molar-refractivity contribution in [2.75, 3.05) is 25.0 Å². The molecule has 4 rings (SSSR count). The maximum absolute atomic E-state index is 11.6. The fourth-order valence-corrected chi connectivity index (χ4v) is 5.24. The average molecular weight is 555 g/mol. The van der Waals surface area contributed by atoms with Gasteiger partial charge in [-0.3, -0.25) is 9.69 Å². The minimum Gasteiger partial charge on any atom is -0.481 e. The first-order valence-electron chi connectivity index (χ1n) is 13.5. The first-order chi connectivity index (χ1) is 18.4. The highest BCUT2D eigenvalue weighted by atomic mass is 35.5. The van der Waals surface area contributed by atoms with Crippen LogP contribution >= 0.6 is 11.6 Å². The van der Waals surface area contributed by atoms with E-state index in [-0.39, 0.29) is 12.1 Å². The molecule has 0 aliphatic carbocycles. The monoisotopic (exact) mass is 554 g/mol. The zero-order valence-electron chi connectivity index (χ0n) is 23.4. The van der Waals surface area contributed by atoms with Crippen molar-refractivity contribution in [1.29, 1.82) is 0 Å². The molecule has 0 amide bonds. The molecule has 0 unspecified atom stereocenters. The number of carbonyl (C=O) groups is 1. The number of anilines is 1. The van der Waals surface area contributed by atoms with E-state index in [1.54, 1.807) is 0 Å². The number of nitrogens with zero attached hydrogens (tertiary/aromatic N) is 3. The lowest BCUT2D eigenvalue weighted by Gasteiger charge is -2.37. The summed E-state index contributed by atoms with van der Waals surface area (Å²) >= 11 is 6.74. The number of rotatable bonds is 9. The summed E-state index contributed by atoms with van der Waals surface area (Å²) in [5.41, 5.74) is 3.62. The number of benzene rings is 2. The van der Waals surface area contributed by atoms with E-state index in [4.69, 9.17) is 16.1 Å². The number of carboxylic acids is 1. The molecule has 0 bridgehead atoms. The molecule has 3 aromatic rings. The first-order valence-corrected chi connectivity index (χ1v) is 13.9. The lowest BCUT2D eigenvalue weighted by Crippen LogP contribution is -2.46. The molecule has 0 radical (unpaired) electrons. The Hall–Kier alpha value is -2.94. The molecule has 1 aliphatic heterocycles. The van der Waals surface area contributed by atoms with Crippen molar-refractivity contribution in [2.24, 2.45) is 11.3 Å². The molecular formula is C30H39ClN4O4. The normalized spacial score (nSPS) is 16.0. The van der Waals surface area contributed by atoms with E-state index >= 15 is 0 Å². The van der Waals surface area contributed by atoms with Crippen molar-refractivity contribution in [2.45, 2.75) is 66.0 Å². The molecule has 1 aliphatic rings. The molecule has 2 heterocycles. The highest BCUT2D eigenvalue weighted by Gasteiger charge is 2.40. The number of aromatic nitrogens is 2. The van der Waals surface area contributed by atoms with Gasteiger partial charge in [-0.2, -0.15) is 4.98 Å². The fraction of sp³-hybridized carbons (Fsp3) is 0.500. The van der Waals surface area contributed by atoms with Crippen LogP contribution < -0.4 is 5.32 Å². The van der Waals surface area contributed by atoms with Crippen molar-refractivity contribution in [3.63, 3.8) is 0 Å². The number of hydrogen-bond donors (Lipinski definition) is 3. The number of carboxylic acid groups (broad SMARTS) is 1. The van der Waals surface area contributed by atoms with E-state index in [9.17, 15) is 15.0 Å². The van der Waals surface area contributed by atoms with Crippen LogP contribution in [0.5, 0.6) is 0 Å². The maximum atomic E-state index is 11.6. The summed E-state index contributed by atoms with van der Waals surface area (Å²) in [6.07, 6.45) is 1.74. The Morgan fingerprint density at radius 3 is 2.38 bits per heavy atom. The zero-order valence-corrected chi connectivity index (χ0v) is 24.2. The Labute approximate surface area is 235 Å². The van der Waals surface area contributed by atoms with Gasteiger partial charge in [0, 0.05) is 33.9 Å². The Kier molecular flexibility index (Phi) is 8.69. The lowest BCUT2D eigenvalue weighted by atomic mass is 9.79. The van der Waals surface area contributed by atoms with Crippen LogP contribution in [-0.4, -0.2) is 56.5 Å². The quantitative estimate of drug-likeness (QED) is 0.290. The number of hydrogen-bond acceptors (Lipinski definition) is 7. The maximum Gasteiger partial charge on any atom is 0.312 e. The second kappa shape index (κ2) is 11.7. The summed E-state index contributed by atoms with van der Waals surface area (Å²) in [5, 5.41) is 27.5. The van der Waals surface area contributed by atoms with Gasteiger partial charge in [-0.25, -0.2) is 0 Å². The molecule has 1 aromatic heterocycles. The molecule has 0 saturated carbocycles. The standard InChI is InChI=1S/C30H39ClN4O4/c1-19(2)14-23-24(31)15-22(16-25(23)33-29(3,4)5)27-32-26(34-39-27)21-8-6-20(7-9-21)17-35-12-10-30(18-36,11-13-35)28(37)38/h6-9,15-16,19,33,36H,10-14,17-18H2,1-5H3,(H,37,38). The number of likely N-dealkylation sites (tertiary alicyclic amines) is 1. The number of aliphatic carboxylic acids is 1. The van der Waals surface area contributed by atoms with Crippen LogP contribution in [0.1, 0.15) is 58.6 Å². The van der Waals surface area contributed by atoms with Crippen LogP contribution in [0.25, 0.3) is 22.8 Å². The molecule has 3 N–H and O–H groups in total. The smallest absolute Gasteiger partial charge is 0.312 e. The van der Waals surface area contributed by atoms with Crippen LogP contribution in [-0.2, 0) is 17.8 Å². The third-order valence-corrected chi connectivity index (χ3v) is 7.52. The minimum absolute atomic E-state index is 0.137. The largest absolute Gasteiger partial charge is 0.481 e. The van der Waals surface area contributed by atoms with Gasteiger partial charge in [-0.05, 0) is 82.3 Å². The molecule has 1 fully saturated rings. The fourth-order valence-electron chi connectivity index (χ4n) is 4.95. The summed E-state index contributed by atoms with van der Waals surface area (Å²) < 4.78 is 5.64.